The van der Waals surface area contributed by atoms with Crippen LogP contribution >= 0.6 is 15.9 Å². The molecular formula is C15H24BrNSi. The number of benzene rings is 1. The first kappa shape index (κ1) is 14.3. The molecule has 100 valence electrons. The van der Waals surface area contributed by atoms with Gasteiger partial charge in [0.05, 0.1) is 0 Å². The van der Waals surface area contributed by atoms with Gasteiger partial charge in [-0.2, -0.15) is 0 Å². The van der Waals surface area contributed by atoms with Gasteiger partial charge in [0.1, 0.15) is 0 Å². The highest BCUT2D eigenvalue weighted by Crippen LogP contribution is 2.29. The Hall–Kier alpha value is -0.123. The van der Waals surface area contributed by atoms with Crippen LogP contribution in [0.25, 0.3) is 0 Å². The van der Waals surface area contributed by atoms with Crippen molar-refractivity contribution in [2.45, 2.75) is 50.5 Å². The summed E-state index contributed by atoms with van der Waals surface area (Å²) in [5.41, 5.74) is 1.49. The molecule has 1 aliphatic rings. The summed E-state index contributed by atoms with van der Waals surface area (Å²) in [4.78, 5) is 0. The maximum absolute atomic E-state index is 3.70. The van der Waals surface area contributed by atoms with Crippen LogP contribution in [0.3, 0.4) is 0 Å². The second kappa shape index (κ2) is 5.89. The molecule has 0 spiro atoms. The number of halogens is 1. The van der Waals surface area contributed by atoms with E-state index in [1.165, 1.54) is 28.9 Å². The third kappa shape index (κ3) is 4.86. The minimum atomic E-state index is -1.03. The van der Waals surface area contributed by atoms with Crippen LogP contribution in [0.5, 0.6) is 0 Å². The third-order valence-electron chi connectivity index (χ3n) is 3.41. The largest absolute Gasteiger partial charge is 0.313 e. The Morgan fingerprint density at radius 2 is 2.06 bits per heavy atom. The minimum absolute atomic E-state index is 0.676. The lowest BCUT2D eigenvalue weighted by molar-refractivity contribution is 0.607. The molecule has 0 bridgehead atoms. The summed E-state index contributed by atoms with van der Waals surface area (Å²) in [6.07, 6.45) is 2.75. The number of nitrogens with one attached hydrogen (secondary N) is 1. The smallest absolute Gasteiger partial charge is 0.0449 e. The van der Waals surface area contributed by atoms with Gasteiger partial charge in [-0.1, -0.05) is 47.7 Å². The van der Waals surface area contributed by atoms with E-state index in [-0.39, 0.29) is 0 Å². The first-order chi connectivity index (χ1) is 8.44. The highest BCUT2D eigenvalue weighted by molar-refractivity contribution is 9.10. The van der Waals surface area contributed by atoms with E-state index in [4.69, 9.17) is 0 Å². The minimum Gasteiger partial charge on any atom is -0.313 e. The summed E-state index contributed by atoms with van der Waals surface area (Å²) in [6.45, 7) is 8.55. The van der Waals surface area contributed by atoms with Crippen LogP contribution in [-0.2, 0) is 0 Å². The maximum Gasteiger partial charge on any atom is 0.0449 e. The van der Waals surface area contributed by atoms with Gasteiger partial charge in [-0.05, 0) is 42.5 Å². The molecule has 0 radical (unpaired) electrons. The average Bonchev–Trinajstić information content (AvgIpc) is 3.06. The fraction of sp³-hybridized carbons (Fsp3) is 0.600. The molecule has 0 aliphatic heterocycles. The van der Waals surface area contributed by atoms with Gasteiger partial charge >= 0.3 is 0 Å². The van der Waals surface area contributed by atoms with Crippen molar-refractivity contribution in [3.63, 3.8) is 0 Å². The van der Waals surface area contributed by atoms with Crippen LogP contribution in [0.1, 0.15) is 24.3 Å². The van der Waals surface area contributed by atoms with Crippen LogP contribution < -0.4 is 5.32 Å². The number of hydrogen-bond acceptors (Lipinski definition) is 1. The molecule has 2 rings (SSSR count). The van der Waals surface area contributed by atoms with E-state index in [0.717, 1.165) is 12.6 Å². The summed E-state index contributed by atoms with van der Waals surface area (Å²) >= 11 is 3.59. The Morgan fingerprint density at radius 3 is 2.61 bits per heavy atom. The Morgan fingerprint density at radius 1 is 1.33 bits per heavy atom. The predicted molar refractivity (Wildman–Crippen MR) is 86.1 cm³/mol. The molecule has 1 aromatic carbocycles. The Balaban J connectivity index is 2.06. The zero-order chi connectivity index (χ0) is 13.2. The zero-order valence-corrected chi connectivity index (χ0v) is 14.3. The Bertz CT molecular complexity index is 396. The summed E-state index contributed by atoms with van der Waals surface area (Å²) < 4.78 is 1.20. The van der Waals surface area contributed by atoms with Gasteiger partial charge in [0.15, 0.2) is 0 Å². The van der Waals surface area contributed by atoms with Gasteiger partial charge in [0, 0.05) is 25.1 Å². The van der Waals surface area contributed by atoms with Crippen molar-refractivity contribution >= 4 is 24.0 Å². The lowest BCUT2D eigenvalue weighted by Crippen LogP contribution is -2.30. The second-order valence-corrected chi connectivity index (χ2v) is 13.1. The van der Waals surface area contributed by atoms with Crippen molar-refractivity contribution in [3.05, 3.63) is 34.3 Å². The molecule has 0 aromatic heterocycles. The molecule has 0 amide bonds. The van der Waals surface area contributed by atoms with Gasteiger partial charge in [0.25, 0.3) is 0 Å². The molecular weight excluding hydrogens is 302 g/mol. The van der Waals surface area contributed by atoms with E-state index >= 15 is 0 Å². The molecule has 0 saturated heterocycles. The molecule has 0 heterocycles. The molecule has 3 heteroatoms. The van der Waals surface area contributed by atoms with Crippen molar-refractivity contribution in [3.8, 4) is 0 Å². The van der Waals surface area contributed by atoms with E-state index in [0.29, 0.717) is 5.92 Å². The molecule has 1 fully saturated rings. The molecule has 1 unspecified atom stereocenters. The van der Waals surface area contributed by atoms with Crippen molar-refractivity contribution < 1.29 is 0 Å². The van der Waals surface area contributed by atoms with E-state index < -0.39 is 8.07 Å². The van der Waals surface area contributed by atoms with E-state index in [1.807, 2.05) is 0 Å². The van der Waals surface area contributed by atoms with Gasteiger partial charge < -0.3 is 5.32 Å². The molecule has 18 heavy (non-hydrogen) atoms. The fourth-order valence-corrected chi connectivity index (χ4v) is 4.68. The van der Waals surface area contributed by atoms with Crippen molar-refractivity contribution in [2.75, 3.05) is 6.54 Å². The van der Waals surface area contributed by atoms with Crippen LogP contribution in [0.4, 0.5) is 0 Å². The lowest BCUT2D eigenvalue weighted by Gasteiger charge is -2.25. The lowest BCUT2D eigenvalue weighted by atomic mass is 10.0. The van der Waals surface area contributed by atoms with Crippen molar-refractivity contribution in [1.82, 2.24) is 5.32 Å². The Labute approximate surface area is 121 Å². The summed E-state index contributed by atoms with van der Waals surface area (Å²) in [5.74, 6) is 0.676. The van der Waals surface area contributed by atoms with Crippen LogP contribution in [0, 0.1) is 0 Å². The van der Waals surface area contributed by atoms with Gasteiger partial charge in [-0.25, -0.2) is 0 Å². The molecule has 1 aromatic rings. The highest BCUT2D eigenvalue weighted by Gasteiger charge is 2.25. The average molecular weight is 326 g/mol. The van der Waals surface area contributed by atoms with Crippen molar-refractivity contribution in [1.29, 1.82) is 0 Å². The molecule has 1 aliphatic carbocycles. The number of hydrogen-bond donors (Lipinski definition) is 1. The second-order valence-electron chi connectivity index (χ2n) is 6.70. The first-order valence-electron chi connectivity index (χ1n) is 6.93. The zero-order valence-electron chi connectivity index (χ0n) is 11.7. The first-order valence-corrected chi connectivity index (χ1v) is 11.4. The standard InChI is InChI=1S/C15H24BrNSi/c1-18(2,3)11-13(10-17-15-7-8-15)12-5-4-6-14(16)9-12/h4-6,9,13,15,17H,7-8,10-11H2,1-3H3. The summed E-state index contributed by atoms with van der Waals surface area (Å²) in [6, 6.07) is 11.0. The maximum atomic E-state index is 3.70. The normalized spacial score (nSPS) is 17.8. The summed E-state index contributed by atoms with van der Waals surface area (Å²) in [5, 5.41) is 3.70. The molecule has 1 saturated carbocycles. The fourth-order valence-electron chi connectivity index (χ4n) is 2.40. The van der Waals surface area contributed by atoms with Gasteiger partial charge in [-0.3, -0.25) is 0 Å². The monoisotopic (exact) mass is 325 g/mol. The quantitative estimate of drug-likeness (QED) is 0.752. The van der Waals surface area contributed by atoms with Gasteiger partial charge in [-0.15, -0.1) is 0 Å². The van der Waals surface area contributed by atoms with Crippen LogP contribution in [-0.4, -0.2) is 20.7 Å². The highest BCUT2D eigenvalue weighted by atomic mass is 79.9. The number of rotatable bonds is 6. The van der Waals surface area contributed by atoms with E-state index in [9.17, 15) is 0 Å². The topological polar surface area (TPSA) is 12.0 Å². The van der Waals surface area contributed by atoms with E-state index in [2.05, 4.69) is 65.2 Å². The van der Waals surface area contributed by atoms with Crippen LogP contribution in [0.15, 0.2) is 28.7 Å². The SMILES string of the molecule is C[Si](C)(C)CC(CNC1CC1)c1cccc(Br)c1. The summed E-state index contributed by atoms with van der Waals surface area (Å²) in [7, 11) is -1.03. The van der Waals surface area contributed by atoms with Crippen LogP contribution in [0.2, 0.25) is 25.7 Å². The molecule has 1 nitrogen and oxygen atoms in total. The van der Waals surface area contributed by atoms with E-state index in [1.54, 1.807) is 0 Å². The van der Waals surface area contributed by atoms with Gasteiger partial charge in [0.2, 0.25) is 0 Å². The third-order valence-corrected chi connectivity index (χ3v) is 5.62. The molecule has 1 atom stereocenters. The molecule has 1 N–H and O–H groups in total. The Kier molecular flexibility index (Phi) is 4.68. The predicted octanol–water partition coefficient (Wildman–Crippen LogP) is 4.62. The van der Waals surface area contributed by atoms with Crippen molar-refractivity contribution in [2.24, 2.45) is 0 Å².